The smallest absolute Gasteiger partial charge is 0.0714 e. The Balaban J connectivity index is 1.09. The molecule has 0 saturated heterocycles. The van der Waals surface area contributed by atoms with Crippen molar-refractivity contribution in [1.29, 1.82) is 0 Å². The molecule has 0 radical (unpaired) electrons. The first-order chi connectivity index (χ1) is 30.0. The summed E-state index contributed by atoms with van der Waals surface area (Å²) >= 11 is 0. The van der Waals surface area contributed by atoms with Gasteiger partial charge in [-0.05, 0) is 133 Å². The van der Waals surface area contributed by atoms with Crippen LogP contribution in [0.4, 0.5) is 17.1 Å². The van der Waals surface area contributed by atoms with Gasteiger partial charge in [0.2, 0.25) is 0 Å². The van der Waals surface area contributed by atoms with Gasteiger partial charge in [-0.3, -0.25) is 0 Å². The molecule has 0 heterocycles. The summed E-state index contributed by atoms with van der Waals surface area (Å²) in [6, 6.07) is 65.4. The predicted molar refractivity (Wildman–Crippen MR) is 257 cm³/mol. The van der Waals surface area contributed by atoms with Crippen molar-refractivity contribution in [3.8, 4) is 22.3 Å². The van der Waals surface area contributed by atoms with Crippen molar-refractivity contribution in [2.75, 3.05) is 4.90 Å². The highest BCUT2D eigenvalue weighted by atomic mass is 15.1. The van der Waals surface area contributed by atoms with E-state index in [0.29, 0.717) is 0 Å². The highest BCUT2D eigenvalue weighted by Crippen LogP contribution is 2.57. The normalized spacial score (nSPS) is 16.4. The lowest BCUT2D eigenvalue weighted by atomic mass is 9.66. The van der Waals surface area contributed by atoms with Crippen LogP contribution >= 0.6 is 0 Å². The van der Waals surface area contributed by atoms with Gasteiger partial charge < -0.3 is 4.90 Å². The molecule has 0 aliphatic heterocycles. The Kier molecular flexibility index (Phi) is 8.94. The van der Waals surface area contributed by atoms with Crippen LogP contribution in [0.3, 0.4) is 0 Å². The molecule has 4 aliphatic carbocycles. The van der Waals surface area contributed by atoms with Crippen molar-refractivity contribution < 1.29 is 0 Å². The number of allylic oxidation sites excluding steroid dienone is 12. The monoisotopic (exact) mass is 781 g/mol. The minimum atomic E-state index is -0.506. The van der Waals surface area contributed by atoms with Crippen LogP contribution in [0.2, 0.25) is 0 Å². The van der Waals surface area contributed by atoms with Crippen molar-refractivity contribution in [1.82, 2.24) is 0 Å². The molecule has 1 heteroatoms. The standard InChI is InChI=1S/C60H47N/c1-59(2)55-29-16-6-14-27-51(55)53-37-33-45(40-57(53)59)44-21-18-26-49(39-44)61(48-34-31-43(32-35-48)42-19-8-3-9-20-42)50-36-38-54-52-28-15-7-17-30-56(52)60(58(54)41-50,46-22-10-4-11-23-46)47-24-12-5-13-25-47/h3-6,8-26,28-41H,7,27H2,1-2H3. The molecule has 0 spiro atoms. The Morgan fingerprint density at radius 2 is 1.03 bits per heavy atom. The third-order valence-corrected chi connectivity index (χ3v) is 13.4. The van der Waals surface area contributed by atoms with Gasteiger partial charge in [0.05, 0.1) is 5.41 Å². The van der Waals surface area contributed by atoms with Gasteiger partial charge >= 0.3 is 0 Å². The van der Waals surface area contributed by atoms with E-state index in [2.05, 4.69) is 243 Å². The van der Waals surface area contributed by atoms with Gasteiger partial charge in [-0.25, -0.2) is 0 Å². The minimum absolute atomic E-state index is 0.0711. The van der Waals surface area contributed by atoms with E-state index in [1.54, 1.807) is 0 Å². The zero-order chi connectivity index (χ0) is 41.0. The van der Waals surface area contributed by atoms with Crippen molar-refractivity contribution in [2.24, 2.45) is 0 Å². The Labute approximate surface area is 360 Å². The van der Waals surface area contributed by atoms with Crippen LogP contribution in [0.5, 0.6) is 0 Å². The maximum Gasteiger partial charge on any atom is 0.0714 e. The molecule has 0 unspecified atom stereocenters. The van der Waals surface area contributed by atoms with Crippen LogP contribution in [0.25, 0.3) is 33.4 Å². The summed E-state index contributed by atoms with van der Waals surface area (Å²) in [5.74, 6) is 0. The maximum atomic E-state index is 2.47. The number of rotatable bonds is 7. The molecule has 7 aromatic rings. The van der Waals surface area contributed by atoms with E-state index in [0.717, 1.165) is 29.9 Å². The van der Waals surface area contributed by atoms with Crippen LogP contribution in [-0.2, 0) is 10.8 Å². The summed E-state index contributed by atoms with van der Waals surface area (Å²) < 4.78 is 0. The van der Waals surface area contributed by atoms with E-state index >= 15 is 0 Å². The first kappa shape index (κ1) is 36.8. The zero-order valence-electron chi connectivity index (χ0n) is 34.7. The van der Waals surface area contributed by atoms with E-state index < -0.39 is 5.41 Å². The summed E-state index contributed by atoms with van der Waals surface area (Å²) in [4.78, 5) is 2.45. The van der Waals surface area contributed by atoms with Crippen LogP contribution in [0.15, 0.2) is 236 Å². The quantitative estimate of drug-likeness (QED) is 0.156. The average Bonchev–Trinajstić information content (AvgIpc) is 3.49. The van der Waals surface area contributed by atoms with Crippen molar-refractivity contribution in [2.45, 2.75) is 37.5 Å². The van der Waals surface area contributed by atoms with E-state index in [-0.39, 0.29) is 5.41 Å². The molecule has 0 atom stereocenters. The highest BCUT2D eigenvalue weighted by Gasteiger charge is 2.47. The van der Waals surface area contributed by atoms with Gasteiger partial charge in [-0.1, -0.05) is 196 Å². The Morgan fingerprint density at radius 1 is 0.426 bits per heavy atom. The number of nitrogens with zero attached hydrogens (tertiary/aromatic N) is 1. The number of fused-ring (bicyclic) bond motifs is 4. The van der Waals surface area contributed by atoms with E-state index in [4.69, 9.17) is 0 Å². The van der Waals surface area contributed by atoms with Gasteiger partial charge in [0.25, 0.3) is 0 Å². The number of hydrogen-bond acceptors (Lipinski definition) is 1. The molecule has 292 valence electrons. The van der Waals surface area contributed by atoms with Gasteiger partial charge in [0.15, 0.2) is 0 Å². The minimum Gasteiger partial charge on any atom is -0.310 e. The first-order valence-corrected chi connectivity index (χ1v) is 21.6. The topological polar surface area (TPSA) is 3.24 Å². The van der Waals surface area contributed by atoms with Gasteiger partial charge in [0.1, 0.15) is 0 Å². The molecule has 7 aromatic carbocycles. The lowest BCUT2D eigenvalue weighted by molar-refractivity contribution is 0.654. The maximum absolute atomic E-state index is 2.47. The van der Waals surface area contributed by atoms with Crippen molar-refractivity contribution in [3.05, 3.63) is 269 Å². The van der Waals surface area contributed by atoms with E-state index in [9.17, 15) is 0 Å². The molecule has 1 nitrogen and oxygen atoms in total. The average molecular weight is 782 g/mol. The van der Waals surface area contributed by atoms with E-state index in [1.807, 2.05) is 0 Å². The predicted octanol–water partition coefficient (Wildman–Crippen LogP) is 15.7. The van der Waals surface area contributed by atoms with Crippen molar-refractivity contribution in [3.63, 3.8) is 0 Å². The second-order valence-corrected chi connectivity index (χ2v) is 17.1. The Hall–Kier alpha value is -7.22. The summed E-state index contributed by atoms with van der Waals surface area (Å²) in [6.07, 6.45) is 20.2. The highest BCUT2D eigenvalue weighted by molar-refractivity contribution is 5.94. The lowest BCUT2D eigenvalue weighted by Gasteiger charge is -2.36. The molecule has 0 bridgehead atoms. The molecule has 0 aromatic heterocycles. The third-order valence-electron chi connectivity index (χ3n) is 13.4. The van der Waals surface area contributed by atoms with Gasteiger partial charge in [-0.2, -0.15) is 0 Å². The summed E-state index contributed by atoms with van der Waals surface area (Å²) in [5, 5.41) is 0. The molecule has 0 amide bonds. The Bertz CT molecular complexity index is 2970. The summed E-state index contributed by atoms with van der Waals surface area (Å²) in [5.41, 5.74) is 21.0. The summed E-state index contributed by atoms with van der Waals surface area (Å²) in [6.45, 7) is 4.76. The fraction of sp³-hybridized carbons (Fsp3) is 0.100. The van der Waals surface area contributed by atoms with E-state index in [1.165, 1.54) is 77.9 Å². The molecule has 11 rings (SSSR count). The second-order valence-electron chi connectivity index (χ2n) is 17.1. The van der Waals surface area contributed by atoms with Gasteiger partial charge in [-0.15, -0.1) is 0 Å². The number of hydrogen-bond donors (Lipinski definition) is 0. The molecule has 0 fully saturated rings. The molecule has 61 heavy (non-hydrogen) atoms. The first-order valence-electron chi connectivity index (χ1n) is 21.6. The molecule has 0 saturated carbocycles. The molecular formula is C60H47N. The van der Waals surface area contributed by atoms with Gasteiger partial charge in [0, 0.05) is 22.5 Å². The Morgan fingerprint density at radius 3 is 1.79 bits per heavy atom. The molecular weight excluding hydrogens is 735 g/mol. The van der Waals surface area contributed by atoms with Crippen LogP contribution < -0.4 is 4.90 Å². The van der Waals surface area contributed by atoms with Crippen LogP contribution in [-0.4, -0.2) is 0 Å². The third kappa shape index (κ3) is 5.99. The molecule has 4 aliphatic rings. The number of benzene rings is 7. The fourth-order valence-electron chi connectivity index (χ4n) is 10.5. The largest absolute Gasteiger partial charge is 0.310 e. The zero-order valence-corrected chi connectivity index (χ0v) is 34.7. The second kappa shape index (κ2) is 14.8. The molecule has 0 N–H and O–H groups in total. The van der Waals surface area contributed by atoms with Crippen LogP contribution in [0, 0.1) is 0 Å². The summed E-state index contributed by atoms with van der Waals surface area (Å²) in [7, 11) is 0. The SMILES string of the molecule is CC1(C)C2=C(CC=CC=C2)c2ccc(-c3cccc(N(c4ccc(-c5ccccc5)cc4)c4ccc5c(c4)C(c4ccccc4)(c4ccccc4)C4=C5C=CCC=C4)c3)cc21. The van der Waals surface area contributed by atoms with Crippen LogP contribution in [0.1, 0.15) is 60.1 Å². The number of anilines is 3. The fourth-order valence-corrected chi connectivity index (χ4v) is 10.5. The van der Waals surface area contributed by atoms with Crippen molar-refractivity contribution >= 4 is 28.2 Å². The lowest BCUT2D eigenvalue weighted by Crippen LogP contribution is -2.29.